The van der Waals surface area contributed by atoms with E-state index in [0.29, 0.717) is 17.0 Å². The van der Waals surface area contributed by atoms with Crippen molar-refractivity contribution in [2.75, 3.05) is 10.7 Å². The normalized spacial score (nSPS) is 19.1. The van der Waals surface area contributed by atoms with E-state index in [4.69, 9.17) is 0 Å². The van der Waals surface area contributed by atoms with Crippen molar-refractivity contribution < 1.29 is 18.4 Å². The molecule has 1 aliphatic heterocycles. The summed E-state index contributed by atoms with van der Waals surface area (Å²) in [4.78, 5) is 28.0. The van der Waals surface area contributed by atoms with Gasteiger partial charge in [0.2, 0.25) is 16.1 Å². The molecule has 36 heavy (non-hydrogen) atoms. The van der Waals surface area contributed by atoms with Gasteiger partial charge in [-0.1, -0.05) is 60.0 Å². The predicted molar refractivity (Wildman–Crippen MR) is 143 cm³/mol. The molecular weight excluding hydrogens is 472 g/mol. The van der Waals surface area contributed by atoms with Crippen LogP contribution in [0.5, 0.6) is 0 Å². The SMILES string of the molecule is CC[S+](=O)(O)c1ccc(CNC(=O)c2ccc(N3C(=O)[C@H](C(C)C)[C@H]3c3ccc(C)cc3)cc2)cc1. The molecule has 1 fully saturated rings. The Balaban J connectivity index is 1.44. The standard InChI is InChI=1S/C29H32N2O4S/c1-5-36(34,35)25-16-8-21(9-17-25)18-30-28(32)23-12-14-24(15-13-23)31-27(26(19(2)3)29(31)33)22-10-6-20(4)7-11-22/h6-17,19,26-27H,5,18H2,1-4H3,(H-,30,32,34,35)/p+1/t26-,27-/m1/s1. The van der Waals surface area contributed by atoms with Gasteiger partial charge in [0, 0.05) is 17.8 Å². The maximum Gasteiger partial charge on any atom is 0.251 e. The Morgan fingerprint density at radius 1 is 1.00 bits per heavy atom. The van der Waals surface area contributed by atoms with Gasteiger partial charge in [0.1, 0.15) is 5.75 Å². The quantitative estimate of drug-likeness (QED) is 0.307. The molecule has 1 aliphatic rings. The maximum atomic E-state index is 13.1. The van der Waals surface area contributed by atoms with Crippen LogP contribution in [-0.2, 0) is 25.8 Å². The van der Waals surface area contributed by atoms with E-state index in [0.717, 1.165) is 16.8 Å². The van der Waals surface area contributed by atoms with E-state index in [-0.39, 0.29) is 35.4 Å². The smallest absolute Gasteiger partial charge is 0.251 e. The van der Waals surface area contributed by atoms with Crippen LogP contribution in [0, 0.1) is 18.8 Å². The molecule has 7 heteroatoms. The molecule has 2 N–H and O–H groups in total. The van der Waals surface area contributed by atoms with Gasteiger partial charge in [0.25, 0.3) is 5.91 Å². The van der Waals surface area contributed by atoms with Crippen LogP contribution in [0.1, 0.15) is 53.9 Å². The second-order valence-corrected chi connectivity index (χ2v) is 12.0. The van der Waals surface area contributed by atoms with Crippen molar-refractivity contribution in [3.63, 3.8) is 0 Å². The van der Waals surface area contributed by atoms with E-state index in [1.807, 2.05) is 24.0 Å². The highest BCUT2D eigenvalue weighted by atomic mass is 32.3. The van der Waals surface area contributed by atoms with Crippen molar-refractivity contribution in [2.45, 2.75) is 45.2 Å². The van der Waals surface area contributed by atoms with Gasteiger partial charge < -0.3 is 10.2 Å². The van der Waals surface area contributed by atoms with Crippen molar-refractivity contribution in [3.8, 4) is 0 Å². The first kappa shape index (κ1) is 25.8. The van der Waals surface area contributed by atoms with E-state index in [1.165, 1.54) is 5.56 Å². The fourth-order valence-corrected chi connectivity index (χ4v) is 5.51. The summed E-state index contributed by atoms with van der Waals surface area (Å²) >= 11 is 0. The molecule has 2 amide bonds. The minimum Gasteiger partial charge on any atom is -0.348 e. The first-order valence-electron chi connectivity index (χ1n) is 12.2. The summed E-state index contributed by atoms with van der Waals surface area (Å²) in [6.07, 6.45) is 0. The number of nitrogens with one attached hydrogen (secondary N) is 1. The van der Waals surface area contributed by atoms with Crippen LogP contribution in [0.3, 0.4) is 0 Å². The average Bonchev–Trinajstić information content (AvgIpc) is 2.87. The third kappa shape index (κ3) is 5.13. The van der Waals surface area contributed by atoms with E-state index in [9.17, 15) is 18.4 Å². The predicted octanol–water partition coefficient (Wildman–Crippen LogP) is 5.64. The van der Waals surface area contributed by atoms with Crippen molar-refractivity contribution >= 4 is 27.7 Å². The highest BCUT2D eigenvalue weighted by molar-refractivity contribution is 7.97. The zero-order valence-electron chi connectivity index (χ0n) is 21.1. The molecule has 1 unspecified atom stereocenters. The van der Waals surface area contributed by atoms with Crippen LogP contribution in [0.25, 0.3) is 0 Å². The van der Waals surface area contributed by atoms with Gasteiger partial charge >= 0.3 is 0 Å². The Kier molecular flexibility index (Phi) is 7.43. The fraction of sp³-hybridized carbons (Fsp3) is 0.310. The van der Waals surface area contributed by atoms with Crippen LogP contribution < -0.4 is 10.2 Å². The van der Waals surface area contributed by atoms with Gasteiger partial charge in [-0.2, -0.15) is 4.55 Å². The number of benzene rings is 3. The lowest BCUT2D eigenvalue weighted by Crippen LogP contribution is -2.57. The molecule has 3 atom stereocenters. The van der Waals surface area contributed by atoms with E-state index in [1.54, 1.807) is 43.3 Å². The molecular formula is C29H33N2O4S+. The van der Waals surface area contributed by atoms with Crippen molar-refractivity contribution in [1.29, 1.82) is 0 Å². The molecule has 0 aliphatic carbocycles. The van der Waals surface area contributed by atoms with Gasteiger partial charge in [0.05, 0.1) is 12.0 Å². The molecule has 3 aromatic rings. The van der Waals surface area contributed by atoms with Crippen LogP contribution in [0.15, 0.2) is 77.7 Å². The first-order chi connectivity index (χ1) is 17.1. The molecule has 3 aromatic carbocycles. The Bertz CT molecular complexity index is 1280. The Hall–Kier alpha value is -3.29. The second-order valence-electron chi connectivity index (χ2n) is 9.64. The third-order valence-electron chi connectivity index (χ3n) is 6.82. The molecule has 0 spiro atoms. The number of carbonyl (C=O) groups is 2. The molecule has 6 nitrogen and oxygen atoms in total. The van der Waals surface area contributed by atoms with Crippen LogP contribution in [0.4, 0.5) is 5.69 Å². The summed E-state index contributed by atoms with van der Waals surface area (Å²) < 4.78 is 22.0. The number of β-lactam (4-membered cyclic amide) rings is 1. The number of aryl methyl sites for hydroxylation is 1. The number of anilines is 1. The Morgan fingerprint density at radius 2 is 1.61 bits per heavy atom. The molecule has 4 rings (SSSR count). The molecule has 0 saturated carbocycles. The number of hydrogen-bond donors (Lipinski definition) is 2. The maximum absolute atomic E-state index is 13.1. The van der Waals surface area contributed by atoms with Gasteiger partial charge in [-0.15, -0.1) is 0 Å². The largest absolute Gasteiger partial charge is 0.348 e. The second kappa shape index (κ2) is 10.4. The summed E-state index contributed by atoms with van der Waals surface area (Å²) in [5.74, 6) is 0.191. The van der Waals surface area contributed by atoms with E-state index >= 15 is 0 Å². The number of amides is 2. The third-order valence-corrected chi connectivity index (χ3v) is 8.61. The minimum atomic E-state index is -3.00. The van der Waals surface area contributed by atoms with Gasteiger partial charge in [-0.25, -0.2) is 0 Å². The van der Waals surface area contributed by atoms with Crippen LogP contribution in [0.2, 0.25) is 0 Å². The summed E-state index contributed by atoms with van der Waals surface area (Å²) in [6, 6.07) is 22.1. The van der Waals surface area contributed by atoms with Gasteiger partial charge in [-0.05, 0) is 67.3 Å². The van der Waals surface area contributed by atoms with Crippen molar-refractivity contribution in [2.24, 2.45) is 11.8 Å². The lowest BCUT2D eigenvalue weighted by Gasteiger charge is -2.49. The Morgan fingerprint density at radius 3 is 2.17 bits per heavy atom. The highest BCUT2D eigenvalue weighted by Gasteiger charge is 2.50. The van der Waals surface area contributed by atoms with Crippen LogP contribution >= 0.6 is 0 Å². The first-order valence-corrected chi connectivity index (χ1v) is 13.9. The molecule has 1 saturated heterocycles. The number of carbonyl (C=O) groups excluding carboxylic acids is 2. The molecule has 0 aromatic heterocycles. The zero-order chi connectivity index (χ0) is 26.0. The molecule has 188 valence electrons. The lowest BCUT2D eigenvalue weighted by molar-refractivity contribution is -0.132. The fourth-order valence-electron chi connectivity index (χ4n) is 4.61. The lowest BCUT2D eigenvalue weighted by atomic mass is 9.75. The summed E-state index contributed by atoms with van der Waals surface area (Å²) in [5.41, 5.74) is 4.40. The van der Waals surface area contributed by atoms with Crippen LogP contribution in [-0.4, -0.2) is 22.1 Å². The summed E-state index contributed by atoms with van der Waals surface area (Å²) in [6.45, 7) is 8.17. The average molecular weight is 506 g/mol. The summed E-state index contributed by atoms with van der Waals surface area (Å²) in [5, 5.41) is 2.88. The monoisotopic (exact) mass is 505 g/mol. The van der Waals surface area contributed by atoms with Gasteiger partial charge in [0.15, 0.2) is 4.90 Å². The molecule has 0 radical (unpaired) electrons. The number of nitrogens with zero attached hydrogens (tertiary/aromatic N) is 1. The number of rotatable bonds is 8. The highest BCUT2D eigenvalue weighted by Crippen LogP contribution is 2.46. The minimum absolute atomic E-state index is 0.0259. The van der Waals surface area contributed by atoms with E-state index in [2.05, 4.69) is 43.4 Å². The van der Waals surface area contributed by atoms with Gasteiger partial charge in [-0.3, -0.25) is 9.59 Å². The Labute approximate surface area is 214 Å². The van der Waals surface area contributed by atoms with E-state index < -0.39 is 10.2 Å². The van der Waals surface area contributed by atoms with Crippen molar-refractivity contribution in [3.05, 3.63) is 95.1 Å². The molecule has 1 heterocycles. The number of hydrogen-bond acceptors (Lipinski definition) is 3. The zero-order valence-corrected chi connectivity index (χ0v) is 21.9. The summed E-state index contributed by atoms with van der Waals surface area (Å²) in [7, 11) is -3.00. The van der Waals surface area contributed by atoms with Crippen molar-refractivity contribution in [1.82, 2.24) is 5.32 Å². The molecule has 0 bridgehead atoms. The topological polar surface area (TPSA) is 86.7 Å².